The normalized spacial score (nSPS) is 17.6. The second-order valence-corrected chi connectivity index (χ2v) is 6.11. The molecule has 0 bridgehead atoms. The molecule has 3 rings (SSSR count). The molecule has 0 saturated heterocycles. The summed E-state index contributed by atoms with van der Waals surface area (Å²) in [4.78, 5) is 9.09. The van der Waals surface area contributed by atoms with Crippen LogP contribution in [0.4, 0.5) is 0 Å². The molecule has 0 amide bonds. The smallest absolute Gasteiger partial charge is 0.189 e. The third-order valence-corrected chi connectivity index (χ3v) is 4.48. The molecule has 22 heavy (non-hydrogen) atoms. The van der Waals surface area contributed by atoms with Gasteiger partial charge in [0.2, 0.25) is 0 Å². The lowest BCUT2D eigenvalue weighted by atomic mass is 10.1. The number of fused-ring (bicyclic) bond motifs is 1. The summed E-state index contributed by atoms with van der Waals surface area (Å²) in [6.45, 7) is 0.511. The molecule has 3 N–H and O–H groups in total. The maximum Gasteiger partial charge on any atom is 0.189 e. The zero-order chi connectivity index (χ0) is 15.4. The number of aryl methyl sites for hydroxylation is 1. The number of benzene rings is 1. The molecule has 118 valence electrons. The minimum absolute atomic E-state index is 0.478. The van der Waals surface area contributed by atoms with E-state index in [9.17, 15) is 0 Å². The minimum atomic E-state index is 0.478. The van der Waals surface area contributed by atoms with Gasteiger partial charge in [-0.25, -0.2) is 9.98 Å². The predicted molar refractivity (Wildman–Crippen MR) is 90.7 cm³/mol. The Balaban J connectivity index is 1.65. The third-order valence-electron chi connectivity index (χ3n) is 4.48. The first-order chi connectivity index (χ1) is 10.7. The van der Waals surface area contributed by atoms with E-state index in [1.807, 2.05) is 25.2 Å². The fourth-order valence-corrected chi connectivity index (χ4v) is 3.17. The Morgan fingerprint density at radius 3 is 2.73 bits per heavy atom. The maximum absolute atomic E-state index is 6.05. The Hall–Kier alpha value is -2.04. The summed E-state index contributed by atoms with van der Waals surface area (Å²) in [6, 6.07) is 8.61. The van der Waals surface area contributed by atoms with Crippen LogP contribution in [0.2, 0.25) is 0 Å². The van der Waals surface area contributed by atoms with Crippen LogP contribution in [0, 0.1) is 0 Å². The zero-order valence-corrected chi connectivity index (χ0v) is 13.3. The number of nitrogens with zero attached hydrogens (tertiary/aromatic N) is 3. The first kappa shape index (κ1) is 14.9. The maximum atomic E-state index is 6.05. The fraction of sp³-hybridized carbons (Fsp3) is 0.529. The highest BCUT2D eigenvalue weighted by Crippen LogP contribution is 2.17. The number of hydrogen-bond acceptors (Lipinski definition) is 2. The summed E-state index contributed by atoms with van der Waals surface area (Å²) in [7, 11) is 2.02. The first-order valence-corrected chi connectivity index (χ1v) is 8.21. The van der Waals surface area contributed by atoms with Gasteiger partial charge in [0, 0.05) is 13.1 Å². The molecule has 1 saturated carbocycles. The molecule has 0 unspecified atom stereocenters. The summed E-state index contributed by atoms with van der Waals surface area (Å²) in [5.41, 5.74) is 8.18. The Labute approximate surface area is 131 Å². The van der Waals surface area contributed by atoms with Crippen molar-refractivity contribution in [3.8, 4) is 0 Å². The predicted octanol–water partition coefficient (Wildman–Crippen LogP) is 2.70. The number of nitrogens with two attached hydrogens (primary N) is 1. The van der Waals surface area contributed by atoms with E-state index < -0.39 is 0 Å². The van der Waals surface area contributed by atoms with Crippen molar-refractivity contribution in [2.75, 3.05) is 0 Å². The molecule has 1 heterocycles. The van der Waals surface area contributed by atoms with Crippen LogP contribution in [-0.4, -0.2) is 21.6 Å². The first-order valence-electron chi connectivity index (χ1n) is 8.21. The number of rotatable bonds is 3. The van der Waals surface area contributed by atoms with E-state index in [0.29, 0.717) is 18.5 Å². The lowest BCUT2D eigenvalue weighted by Crippen LogP contribution is -2.39. The highest BCUT2D eigenvalue weighted by atomic mass is 15.1. The van der Waals surface area contributed by atoms with Crippen LogP contribution in [-0.2, 0) is 13.6 Å². The van der Waals surface area contributed by atoms with Gasteiger partial charge in [-0.2, -0.15) is 0 Å². The second-order valence-electron chi connectivity index (χ2n) is 6.11. The van der Waals surface area contributed by atoms with E-state index in [0.717, 1.165) is 16.9 Å². The van der Waals surface area contributed by atoms with Gasteiger partial charge < -0.3 is 15.6 Å². The highest BCUT2D eigenvalue weighted by molar-refractivity contribution is 5.78. The lowest BCUT2D eigenvalue weighted by Gasteiger charge is -2.16. The van der Waals surface area contributed by atoms with Gasteiger partial charge in [-0.15, -0.1) is 0 Å². The van der Waals surface area contributed by atoms with Crippen LogP contribution >= 0.6 is 0 Å². The molecule has 1 aromatic heterocycles. The Morgan fingerprint density at radius 1 is 1.27 bits per heavy atom. The van der Waals surface area contributed by atoms with Gasteiger partial charge in [0.25, 0.3) is 0 Å². The van der Waals surface area contributed by atoms with Crippen molar-refractivity contribution in [2.24, 2.45) is 17.8 Å². The molecular weight excluding hydrogens is 274 g/mol. The molecule has 0 radical (unpaired) electrons. The van der Waals surface area contributed by atoms with Gasteiger partial charge in [-0.05, 0) is 25.0 Å². The molecule has 1 aromatic carbocycles. The number of guanidine groups is 1. The average Bonchev–Trinajstić information content (AvgIpc) is 2.69. The molecule has 0 aliphatic heterocycles. The summed E-state index contributed by atoms with van der Waals surface area (Å²) >= 11 is 0. The van der Waals surface area contributed by atoms with Crippen LogP contribution in [0.1, 0.15) is 44.3 Å². The standard InChI is InChI=1S/C17H25N5/c1-22-15-11-7-6-10-14(15)21-16(22)12-19-17(18)20-13-8-4-2-3-5-9-13/h6-7,10-11,13H,2-5,8-9,12H2,1H3,(H3,18,19,20). The molecule has 1 aliphatic carbocycles. The molecule has 1 aliphatic rings. The van der Waals surface area contributed by atoms with Crippen molar-refractivity contribution in [1.82, 2.24) is 14.9 Å². The van der Waals surface area contributed by atoms with Gasteiger partial charge in [0.1, 0.15) is 12.4 Å². The molecule has 0 atom stereocenters. The van der Waals surface area contributed by atoms with Crippen LogP contribution in [0.3, 0.4) is 0 Å². The van der Waals surface area contributed by atoms with E-state index in [1.54, 1.807) is 0 Å². The van der Waals surface area contributed by atoms with Gasteiger partial charge in [0.05, 0.1) is 11.0 Å². The van der Waals surface area contributed by atoms with Crippen LogP contribution in [0.15, 0.2) is 29.3 Å². The van der Waals surface area contributed by atoms with E-state index in [2.05, 4.69) is 25.9 Å². The largest absolute Gasteiger partial charge is 0.370 e. The summed E-state index contributed by atoms with van der Waals surface area (Å²) in [5, 5.41) is 3.37. The quantitative estimate of drug-likeness (QED) is 0.520. The SMILES string of the molecule is Cn1c(CN=C(N)NC2CCCCCC2)nc2ccccc21. The van der Waals surface area contributed by atoms with E-state index in [-0.39, 0.29) is 0 Å². The van der Waals surface area contributed by atoms with Gasteiger partial charge in [0.15, 0.2) is 5.96 Å². The monoisotopic (exact) mass is 299 g/mol. The summed E-state index contributed by atoms with van der Waals surface area (Å²) < 4.78 is 2.08. The van der Waals surface area contributed by atoms with Crippen LogP contribution < -0.4 is 11.1 Å². The zero-order valence-electron chi connectivity index (χ0n) is 13.3. The topological polar surface area (TPSA) is 68.2 Å². The van der Waals surface area contributed by atoms with Crippen molar-refractivity contribution >= 4 is 17.0 Å². The number of aromatic nitrogens is 2. The van der Waals surface area contributed by atoms with Gasteiger partial charge in [-0.1, -0.05) is 37.8 Å². The van der Waals surface area contributed by atoms with Crippen molar-refractivity contribution in [2.45, 2.75) is 51.1 Å². The van der Waals surface area contributed by atoms with E-state index >= 15 is 0 Å². The number of para-hydroxylation sites is 2. The molecule has 5 nitrogen and oxygen atoms in total. The van der Waals surface area contributed by atoms with Crippen LogP contribution in [0.25, 0.3) is 11.0 Å². The van der Waals surface area contributed by atoms with Gasteiger partial charge >= 0.3 is 0 Å². The summed E-state index contributed by atoms with van der Waals surface area (Å²) in [6.07, 6.45) is 7.65. The van der Waals surface area contributed by atoms with Crippen molar-refractivity contribution in [3.05, 3.63) is 30.1 Å². The highest BCUT2D eigenvalue weighted by Gasteiger charge is 2.12. The molecule has 5 heteroatoms. The van der Waals surface area contributed by atoms with E-state index in [1.165, 1.54) is 38.5 Å². The van der Waals surface area contributed by atoms with Gasteiger partial charge in [-0.3, -0.25) is 0 Å². The number of nitrogens with one attached hydrogen (secondary N) is 1. The molecule has 2 aromatic rings. The third kappa shape index (κ3) is 3.40. The summed E-state index contributed by atoms with van der Waals surface area (Å²) in [5.74, 6) is 1.48. The average molecular weight is 299 g/mol. The number of aliphatic imine (C=N–C) groups is 1. The Bertz CT molecular complexity index is 650. The lowest BCUT2D eigenvalue weighted by molar-refractivity contribution is 0.530. The van der Waals surface area contributed by atoms with Crippen molar-refractivity contribution in [3.63, 3.8) is 0 Å². The number of imidazole rings is 1. The van der Waals surface area contributed by atoms with Crippen molar-refractivity contribution in [1.29, 1.82) is 0 Å². The van der Waals surface area contributed by atoms with Crippen molar-refractivity contribution < 1.29 is 0 Å². The van der Waals surface area contributed by atoms with E-state index in [4.69, 9.17) is 5.73 Å². The molecule has 0 spiro atoms. The molecular formula is C17H25N5. The minimum Gasteiger partial charge on any atom is -0.370 e. The second kappa shape index (κ2) is 6.81. The fourth-order valence-electron chi connectivity index (χ4n) is 3.17. The Morgan fingerprint density at radius 2 is 2.00 bits per heavy atom. The van der Waals surface area contributed by atoms with Crippen LogP contribution in [0.5, 0.6) is 0 Å². The number of hydrogen-bond donors (Lipinski definition) is 2. The Kier molecular flexibility index (Phi) is 4.61. The molecule has 1 fully saturated rings.